The molecule has 3 nitrogen and oxygen atoms in total. The molecule has 0 spiro atoms. The van der Waals surface area contributed by atoms with Crippen LogP contribution in [-0.4, -0.2) is 9.55 Å². The fourth-order valence-electron chi connectivity index (χ4n) is 1.83. The number of aryl methyl sites for hydroxylation is 1. The van der Waals surface area contributed by atoms with Crippen LogP contribution in [0.3, 0.4) is 0 Å². The summed E-state index contributed by atoms with van der Waals surface area (Å²) in [7, 11) is 1.97. The van der Waals surface area contributed by atoms with Crippen LogP contribution in [0.15, 0.2) is 28.7 Å². The third-order valence-electron chi connectivity index (χ3n) is 2.82. The molecule has 4 heteroatoms. The Kier molecular flexibility index (Phi) is 3.52. The van der Waals surface area contributed by atoms with Gasteiger partial charge in [0.1, 0.15) is 17.3 Å². The van der Waals surface area contributed by atoms with Crippen molar-refractivity contribution in [2.24, 2.45) is 7.05 Å². The highest BCUT2D eigenvalue weighted by Gasteiger charge is 2.12. The number of hydrogen-bond acceptors (Lipinski definition) is 2. The number of imidazole rings is 1. The molecule has 17 heavy (non-hydrogen) atoms. The summed E-state index contributed by atoms with van der Waals surface area (Å²) in [5.74, 6) is 1.78. The molecule has 2 rings (SSSR count). The normalized spacial score (nSPS) is 10.8. The van der Waals surface area contributed by atoms with E-state index >= 15 is 0 Å². The highest BCUT2D eigenvalue weighted by atomic mass is 79.9. The van der Waals surface area contributed by atoms with Gasteiger partial charge < -0.3 is 10.3 Å². The monoisotopic (exact) mass is 293 g/mol. The molecular formula is C13H16BrN3. The lowest BCUT2D eigenvalue weighted by Crippen LogP contribution is -2.01. The topological polar surface area (TPSA) is 43.8 Å². The molecule has 2 N–H and O–H groups in total. The minimum atomic E-state index is 0.732. The van der Waals surface area contributed by atoms with Crippen LogP contribution in [0.4, 0.5) is 5.82 Å². The smallest absolute Gasteiger partial charge is 0.131 e. The lowest BCUT2D eigenvalue weighted by Gasteiger charge is -2.01. The predicted octanol–water partition coefficient (Wildman–Crippen LogP) is 3.38. The summed E-state index contributed by atoms with van der Waals surface area (Å²) in [4.78, 5) is 4.62. The molecule has 0 atom stereocenters. The average molecular weight is 294 g/mol. The Morgan fingerprint density at radius 3 is 2.53 bits per heavy atom. The highest BCUT2D eigenvalue weighted by molar-refractivity contribution is 9.10. The molecule has 0 bridgehead atoms. The summed E-state index contributed by atoms with van der Waals surface area (Å²) in [5.41, 5.74) is 8.03. The Balaban J connectivity index is 2.45. The van der Waals surface area contributed by atoms with E-state index in [1.54, 1.807) is 0 Å². The zero-order chi connectivity index (χ0) is 12.4. The van der Waals surface area contributed by atoms with E-state index in [1.165, 1.54) is 0 Å². The molecule has 0 amide bonds. The third kappa shape index (κ3) is 2.36. The Bertz CT molecular complexity index is 514. The van der Waals surface area contributed by atoms with E-state index in [9.17, 15) is 0 Å². The fourth-order valence-corrected chi connectivity index (χ4v) is 2.09. The molecule has 0 saturated carbocycles. The summed E-state index contributed by atoms with van der Waals surface area (Å²) in [6.07, 6.45) is 2.03. The maximum Gasteiger partial charge on any atom is 0.131 e. The van der Waals surface area contributed by atoms with Gasteiger partial charge in [0.25, 0.3) is 0 Å². The molecule has 1 aromatic heterocycles. The van der Waals surface area contributed by atoms with E-state index in [1.807, 2.05) is 35.9 Å². The van der Waals surface area contributed by atoms with E-state index in [4.69, 9.17) is 5.73 Å². The Labute approximate surface area is 110 Å². The van der Waals surface area contributed by atoms with Crippen molar-refractivity contribution in [3.05, 3.63) is 34.6 Å². The minimum absolute atomic E-state index is 0.732. The molecular weight excluding hydrogens is 278 g/mol. The van der Waals surface area contributed by atoms with Crippen molar-refractivity contribution in [3.8, 4) is 11.3 Å². The van der Waals surface area contributed by atoms with Gasteiger partial charge in [-0.3, -0.25) is 0 Å². The summed E-state index contributed by atoms with van der Waals surface area (Å²) >= 11 is 3.42. The highest BCUT2D eigenvalue weighted by Crippen LogP contribution is 2.27. The largest absolute Gasteiger partial charge is 0.383 e. The van der Waals surface area contributed by atoms with Gasteiger partial charge >= 0.3 is 0 Å². The van der Waals surface area contributed by atoms with Gasteiger partial charge in [0.2, 0.25) is 0 Å². The van der Waals surface area contributed by atoms with Crippen LogP contribution >= 0.6 is 15.9 Å². The molecule has 1 aromatic carbocycles. The van der Waals surface area contributed by atoms with Gasteiger partial charge in [0.15, 0.2) is 0 Å². The standard InChI is InChI=1S/C13H16BrN3/c1-3-4-11-16-12(13(15)17(11)2)9-5-7-10(14)8-6-9/h5-8H,3-4,15H2,1-2H3. The van der Waals surface area contributed by atoms with E-state index < -0.39 is 0 Å². The number of nitrogen functional groups attached to an aromatic ring is 1. The first-order chi connectivity index (χ1) is 8.13. The Hall–Kier alpha value is -1.29. The van der Waals surface area contributed by atoms with Crippen LogP contribution in [0.2, 0.25) is 0 Å². The zero-order valence-electron chi connectivity index (χ0n) is 10.1. The summed E-state index contributed by atoms with van der Waals surface area (Å²) in [6.45, 7) is 2.14. The van der Waals surface area contributed by atoms with E-state index in [0.717, 1.165) is 40.2 Å². The molecule has 90 valence electrons. The van der Waals surface area contributed by atoms with Gasteiger partial charge in [-0.2, -0.15) is 0 Å². The van der Waals surface area contributed by atoms with Crippen molar-refractivity contribution in [2.75, 3.05) is 5.73 Å². The van der Waals surface area contributed by atoms with Gasteiger partial charge in [-0.25, -0.2) is 4.98 Å². The number of hydrogen-bond donors (Lipinski definition) is 1. The van der Waals surface area contributed by atoms with Gasteiger partial charge in [0.05, 0.1) is 0 Å². The van der Waals surface area contributed by atoms with Crippen molar-refractivity contribution >= 4 is 21.7 Å². The van der Waals surface area contributed by atoms with Gasteiger partial charge in [-0.15, -0.1) is 0 Å². The quantitative estimate of drug-likeness (QED) is 0.943. The van der Waals surface area contributed by atoms with Crippen molar-refractivity contribution in [2.45, 2.75) is 19.8 Å². The molecule has 2 aromatic rings. The average Bonchev–Trinajstić information content (AvgIpc) is 2.59. The Morgan fingerprint density at radius 2 is 1.94 bits per heavy atom. The van der Waals surface area contributed by atoms with E-state index in [2.05, 4.69) is 27.8 Å². The van der Waals surface area contributed by atoms with E-state index in [0.29, 0.717) is 0 Å². The maximum atomic E-state index is 6.09. The van der Waals surface area contributed by atoms with Crippen LogP contribution in [0.25, 0.3) is 11.3 Å². The number of rotatable bonds is 3. The van der Waals surface area contributed by atoms with Crippen LogP contribution < -0.4 is 5.73 Å². The number of aromatic nitrogens is 2. The number of nitrogens with two attached hydrogens (primary N) is 1. The third-order valence-corrected chi connectivity index (χ3v) is 3.35. The lowest BCUT2D eigenvalue weighted by molar-refractivity contribution is 0.764. The van der Waals surface area contributed by atoms with Gasteiger partial charge in [-0.1, -0.05) is 35.0 Å². The van der Waals surface area contributed by atoms with Crippen molar-refractivity contribution in [3.63, 3.8) is 0 Å². The molecule has 0 radical (unpaired) electrons. The van der Waals surface area contributed by atoms with Crippen molar-refractivity contribution < 1.29 is 0 Å². The SMILES string of the molecule is CCCc1nc(-c2ccc(Br)cc2)c(N)n1C. The maximum absolute atomic E-state index is 6.09. The molecule has 1 heterocycles. The zero-order valence-corrected chi connectivity index (χ0v) is 11.7. The van der Waals surface area contributed by atoms with Crippen molar-refractivity contribution in [1.29, 1.82) is 0 Å². The van der Waals surface area contributed by atoms with Crippen molar-refractivity contribution in [1.82, 2.24) is 9.55 Å². The molecule has 0 aliphatic carbocycles. The summed E-state index contributed by atoms with van der Waals surface area (Å²) in [5, 5.41) is 0. The second-order valence-electron chi connectivity index (χ2n) is 4.08. The first-order valence-corrected chi connectivity index (χ1v) is 6.49. The number of benzene rings is 1. The second-order valence-corrected chi connectivity index (χ2v) is 4.99. The van der Waals surface area contributed by atoms with Crippen LogP contribution in [0, 0.1) is 0 Å². The van der Waals surface area contributed by atoms with Gasteiger partial charge in [0, 0.05) is 23.5 Å². The predicted molar refractivity (Wildman–Crippen MR) is 74.8 cm³/mol. The fraction of sp³-hybridized carbons (Fsp3) is 0.308. The van der Waals surface area contributed by atoms with Crippen LogP contribution in [0.5, 0.6) is 0 Å². The van der Waals surface area contributed by atoms with Gasteiger partial charge in [-0.05, 0) is 18.6 Å². The first kappa shape index (κ1) is 12.2. The second kappa shape index (κ2) is 4.92. The number of anilines is 1. The molecule has 0 saturated heterocycles. The molecule has 0 fully saturated rings. The number of halogens is 1. The minimum Gasteiger partial charge on any atom is -0.383 e. The molecule has 0 aliphatic heterocycles. The molecule has 0 unspecified atom stereocenters. The number of nitrogens with zero attached hydrogens (tertiary/aromatic N) is 2. The first-order valence-electron chi connectivity index (χ1n) is 5.70. The van der Waals surface area contributed by atoms with Crippen LogP contribution in [0.1, 0.15) is 19.2 Å². The summed E-state index contributed by atoms with van der Waals surface area (Å²) < 4.78 is 3.03. The Morgan fingerprint density at radius 1 is 1.29 bits per heavy atom. The lowest BCUT2D eigenvalue weighted by atomic mass is 10.1. The van der Waals surface area contributed by atoms with Crippen LogP contribution in [-0.2, 0) is 13.5 Å². The molecule has 0 aliphatic rings. The summed E-state index contributed by atoms with van der Waals surface area (Å²) in [6, 6.07) is 8.06. The van der Waals surface area contributed by atoms with E-state index in [-0.39, 0.29) is 0 Å².